The minimum Gasteiger partial charge on any atom is -0.378 e. The highest BCUT2D eigenvalue weighted by atomic mass is 79.9. The standard InChI is InChI=1S/C17H26BrNO/c1-3-11-19-17(10-9-14-6-5-12-20-14)15-7-4-8-16(18)13(15)2/h4,7-8,14,17,19H,3,5-6,9-12H2,1-2H3. The second-order valence-electron chi connectivity index (χ2n) is 5.67. The van der Waals surface area contributed by atoms with Crippen molar-refractivity contribution in [3.8, 4) is 0 Å². The van der Waals surface area contributed by atoms with Gasteiger partial charge in [-0.15, -0.1) is 0 Å². The van der Waals surface area contributed by atoms with Crippen LogP contribution in [0.15, 0.2) is 22.7 Å². The van der Waals surface area contributed by atoms with Gasteiger partial charge in [0.2, 0.25) is 0 Å². The summed E-state index contributed by atoms with van der Waals surface area (Å²) >= 11 is 3.65. The number of rotatable bonds is 7. The van der Waals surface area contributed by atoms with Gasteiger partial charge in [-0.25, -0.2) is 0 Å². The van der Waals surface area contributed by atoms with Gasteiger partial charge in [-0.05, 0) is 62.8 Å². The molecule has 0 spiro atoms. The van der Waals surface area contributed by atoms with Gasteiger partial charge in [0.05, 0.1) is 6.10 Å². The van der Waals surface area contributed by atoms with Crippen LogP contribution >= 0.6 is 15.9 Å². The van der Waals surface area contributed by atoms with Crippen molar-refractivity contribution in [2.75, 3.05) is 13.2 Å². The zero-order chi connectivity index (χ0) is 14.4. The molecule has 2 rings (SSSR count). The molecular weight excluding hydrogens is 314 g/mol. The summed E-state index contributed by atoms with van der Waals surface area (Å²) in [5.41, 5.74) is 2.78. The molecule has 2 unspecified atom stereocenters. The van der Waals surface area contributed by atoms with E-state index in [-0.39, 0.29) is 0 Å². The molecule has 1 aromatic rings. The van der Waals surface area contributed by atoms with Crippen LogP contribution in [0.2, 0.25) is 0 Å². The van der Waals surface area contributed by atoms with Crippen LogP contribution in [0, 0.1) is 6.92 Å². The summed E-state index contributed by atoms with van der Waals surface area (Å²) in [7, 11) is 0. The van der Waals surface area contributed by atoms with Crippen LogP contribution in [0.4, 0.5) is 0 Å². The molecule has 1 heterocycles. The first-order valence-electron chi connectivity index (χ1n) is 7.82. The topological polar surface area (TPSA) is 21.3 Å². The van der Waals surface area contributed by atoms with E-state index in [0.717, 1.165) is 26.0 Å². The van der Waals surface area contributed by atoms with E-state index in [0.29, 0.717) is 12.1 Å². The van der Waals surface area contributed by atoms with Crippen LogP contribution < -0.4 is 5.32 Å². The molecule has 2 atom stereocenters. The van der Waals surface area contributed by atoms with Gasteiger partial charge >= 0.3 is 0 Å². The van der Waals surface area contributed by atoms with Crippen molar-refractivity contribution in [1.82, 2.24) is 5.32 Å². The van der Waals surface area contributed by atoms with Crippen LogP contribution in [0.1, 0.15) is 56.2 Å². The Balaban J connectivity index is 2.03. The number of hydrogen-bond acceptors (Lipinski definition) is 2. The van der Waals surface area contributed by atoms with Crippen molar-refractivity contribution in [2.45, 2.75) is 58.1 Å². The maximum absolute atomic E-state index is 5.76. The molecule has 1 saturated heterocycles. The maximum atomic E-state index is 5.76. The van der Waals surface area contributed by atoms with Crippen molar-refractivity contribution >= 4 is 15.9 Å². The second kappa shape index (κ2) is 8.16. The van der Waals surface area contributed by atoms with E-state index in [1.165, 1.54) is 34.9 Å². The average Bonchev–Trinajstić information content (AvgIpc) is 2.96. The Morgan fingerprint density at radius 1 is 1.45 bits per heavy atom. The summed E-state index contributed by atoms with van der Waals surface area (Å²) in [4.78, 5) is 0. The monoisotopic (exact) mass is 339 g/mol. The zero-order valence-electron chi connectivity index (χ0n) is 12.6. The van der Waals surface area contributed by atoms with Crippen molar-refractivity contribution < 1.29 is 4.74 Å². The summed E-state index contributed by atoms with van der Waals surface area (Å²) in [5.74, 6) is 0. The fraction of sp³-hybridized carbons (Fsp3) is 0.647. The van der Waals surface area contributed by atoms with Gasteiger partial charge in [-0.3, -0.25) is 0 Å². The van der Waals surface area contributed by atoms with Crippen LogP contribution in [-0.2, 0) is 4.74 Å². The van der Waals surface area contributed by atoms with E-state index in [1.807, 2.05) is 0 Å². The number of nitrogens with one attached hydrogen (secondary N) is 1. The molecule has 0 radical (unpaired) electrons. The molecular formula is C17H26BrNO. The molecule has 0 amide bonds. The first-order valence-corrected chi connectivity index (χ1v) is 8.61. The number of halogens is 1. The van der Waals surface area contributed by atoms with Gasteiger partial charge in [0, 0.05) is 17.1 Å². The summed E-state index contributed by atoms with van der Waals surface area (Å²) in [5, 5.41) is 3.70. The third-order valence-electron chi connectivity index (χ3n) is 4.13. The summed E-state index contributed by atoms with van der Waals surface area (Å²) in [6, 6.07) is 6.95. The first-order chi connectivity index (χ1) is 9.72. The summed E-state index contributed by atoms with van der Waals surface area (Å²) in [6.45, 7) is 6.44. The molecule has 1 aromatic carbocycles. The third-order valence-corrected chi connectivity index (χ3v) is 4.99. The first kappa shape index (κ1) is 16.0. The van der Waals surface area contributed by atoms with Gasteiger partial charge in [0.25, 0.3) is 0 Å². The van der Waals surface area contributed by atoms with E-state index >= 15 is 0 Å². The lowest BCUT2D eigenvalue weighted by Crippen LogP contribution is -2.24. The van der Waals surface area contributed by atoms with Crippen LogP contribution in [0.25, 0.3) is 0 Å². The second-order valence-corrected chi connectivity index (χ2v) is 6.53. The molecule has 0 aliphatic carbocycles. The molecule has 1 aliphatic heterocycles. The highest BCUT2D eigenvalue weighted by Crippen LogP contribution is 2.29. The Morgan fingerprint density at radius 2 is 2.30 bits per heavy atom. The summed E-state index contributed by atoms with van der Waals surface area (Å²) in [6.07, 6.45) is 6.43. The fourth-order valence-electron chi connectivity index (χ4n) is 2.91. The Labute approximate surface area is 131 Å². The zero-order valence-corrected chi connectivity index (χ0v) is 14.2. The number of hydrogen-bond donors (Lipinski definition) is 1. The molecule has 112 valence electrons. The molecule has 1 fully saturated rings. The number of ether oxygens (including phenoxy) is 1. The third kappa shape index (κ3) is 4.31. The summed E-state index contributed by atoms with van der Waals surface area (Å²) < 4.78 is 6.96. The van der Waals surface area contributed by atoms with E-state index in [1.54, 1.807) is 0 Å². The van der Waals surface area contributed by atoms with E-state index in [4.69, 9.17) is 4.74 Å². The molecule has 0 saturated carbocycles. The predicted molar refractivity (Wildman–Crippen MR) is 88.1 cm³/mol. The largest absolute Gasteiger partial charge is 0.378 e. The normalized spacial score (nSPS) is 20.2. The van der Waals surface area contributed by atoms with E-state index in [9.17, 15) is 0 Å². The molecule has 1 N–H and O–H groups in total. The van der Waals surface area contributed by atoms with E-state index in [2.05, 4.69) is 53.3 Å². The van der Waals surface area contributed by atoms with Gasteiger partial charge in [-0.1, -0.05) is 35.0 Å². The predicted octanol–water partition coefficient (Wildman–Crippen LogP) is 4.76. The Hall–Kier alpha value is -0.380. The van der Waals surface area contributed by atoms with Crippen molar-refractivity contribution in [1.29, 1.82) is 0 Å². The molecule has 3 heteroatoms. The molecule has 1 aliphatic rings. The molecule has 0 bridgehead atoms. The number of benzene rings is 1. The van der Waals surface area contributed by atoms with Crippen molar-refractivity contribution in [3.05, 3.63) is 33.8 Å². The minimum absolute atomic E-state index is 0.441. The van der Waals surface area contributed by atoms with Crippen LogP contribution in [-0.4, -0.2) is 19.3 Å². The highest BCUT2D eigenvalue weighted by molar-refractivity contribution is 9.10. The lowest BCUT2D eigenvalue weighted by atomic mass is 9.95. The Morgan fingerprint density at radius 3 is 3.00 bits per heavy atom. The molecule has 20 heavy (non-hydrogen) atoms. The minimum atomic E-state index is 0.441. The van der Waals surface area contributed by atoms with Gasteiger partial charge in [0.1, 0.15) is 0 Å². The Kier molecular flexibility index (Phi) is 6.53. The van der Waals surface area contributed by atoms with E-state index < -0.39 is 0 Å². The van der Waals surface area contributed by atoms with Crippen LogP contribution in [0.5, 0.6) is 0 Å². The van der Waals surface area contributed by atoms with Crippen molar-refractivity contribution in [3.63, 3.8) is 0 Å². The maximum Gasteiger partial charge on any atom is 0.0576 e. The van der Waals surface area contributed by atoms with Gasteiger partial charge < -0.3 is 10.1 Å². The quantitative estimate of drug-likeness (QED) is 0.773. The van der Waals surface area contributed by atoms with Crippen LogP contribution in [0.3, 0.4) is 0 Å². The molecule has 2 nitrogen and oxygen atoms in total. The van der Waals surface area contributed by atoms with Gasteiger partial charge in [-0.2, -0.15) is 0 Å². The highest BCUT2D eigenvalue weighted by Gasteiger charge is 2.20. The average molecular weight is 340 g/mol. The SMILES string of the molecule is CCCNC(CCC1CCCO1)c1cccc(Br)c1C. The lowest BCUT2D eigenvalue weighted by Gasteiger charge is -2.23. The fourth-order valence-corrected chi connectivity index (χ4v) is 3.29. The Bertz CT molecular complexity index is 415. The molecule has 0 aromatic heterocycles. The van der Waals surface area contributed by atoms with Gasteiger partial charge in [0.15, 0.2) is 0 Å². The smallest absolute Gasteiger partial charge is 0.0576 e. The lowest BCUT2D eigenvalue weighted by molar-refractivity contribution is 0.0995. The van der Waals surface area contributed by atoms with Crippen molar-refractivity contribution in [2.24, 2.45) is 0 Å².